The van der Waals surface area contributed by atoms with Gasteiger partial charge in [0.25, 0.3) is 5.91 Å². The van der Waals surface area contributed by atoms with Crippen LogP contribution in [0.5, 0.6) is 0 Å². The second kappa shape index (κ2) is 4.53. The molecule has 2 N–H and O–H groups in total. The highest BCUT2D eigenvalue weighted by atomic mass is 16.3. The minimum Gasteiger partial charge on any atom is -0.388 e. The lowest BCUT2D eigenvalue weighted by Gasteiger charge is -2.15. The van der Waals surface area contributed by atoms with Gasteiger partial charge in [0.05, 0.1) is 23.8 Å². The number of benzene rings is 1. The van der Waals surface area contributed by atoms with Crippen LogP contribution in [-0.2, 0) is 0 Å². The number of aliphatic hydroxyl groups excluding tert-OH is 2. The Labute approximate surface area is 98.5 Å². The minimum absolute atomic E-state index is 0.122. The Bertz CT molecular complexity index is 471. The Morgan fingerprint density at radius 1 is 1.35 bits per heavy atom. The Kier molecular flexibility index (Phi) is 3.09. The highest BCUT2D eigenvalue weighted by molar-refractivity contribution is 5.94. The third-order valence-electron chi connectivity index (χ3n) is 2.78. The van der Waals surface area contributed by atoms with Gasteiger partial charge in [-0.05, 0) is 18.2 Å². The number of nitrogens with zero attached hydrogens (tertiary/aromatic N) is 2. The number of likely N-dealkylation sites (tertiary alicyclic amines) is 1. The number of rotatable bonds is 1. The topological polar surface area (TPSA) is 84.6 Å². The van der Waals surface area contributed by atoms with Crippen LogP contribution in [0.25, 0.3) is 0 Å². The molecule has 5 nitrogen and oxygen atoms in total. The van der Waals surface area contributed by atoms with Gasteiger partial charge in [-0.3, -0.25) is 4.79 Å². The summed E-state index contributed by atoms with van der Waals surface area (Å²) in [6.45, 7) is 0.244. The molecule has 1 aliphatic rings. The monoisotopic (exact) mass is 232 g/mol. The number of amides is 1. The molecule has 1 amide bonds. The fourth-order valence-corrected chi connectivity index (χ4v) is 1.84. The summed E-state index contributed by atoms with van der Waals surface area (Å²) >= 11 is 0. The van der Waals surface area contributed by atoms with E-state index in [1.165, 1.54) is 11.0 Å². The van der Waals surface area contributed by atoms with E-state index in [0.29, 0.717) is 11.1 Å². The molecule has 0 aliphatic carbocycles. The summed E-state index contributed by atoms with van der Waals surface area (Å²) in [5, 5.41) is 27.5. The van der Waals surface area contributed by atoms with Crippen molar-refractivity contribution < 1.29 is 15.0 Å². The van der Waals surface area contributed by atoms with Crippen LogP contribution >= 0.6 is 0 Å². The van der Waals surface area contributed by atoms with E-state index in [1.807, 2.05) is 6.07 Å². The number of hydrogen-bond acceptors (Lipinski definition) is 4. The second-order valence-corrected chi connectivity index (χ2v) is 4.04. The maximum atomic E-state index is 12.0. The van der Waals surface area contributed by atoms with E-state index in [-0.39, 0.29) is 19.0 Å². The van der Waals surface area contributed by atoms with Crippen molar-refractivity contribution in [2.24, 2.45) is 0 Å². The number of β-amino-alcohol motifs (C(OH)–C–C–N with tert-alkyl or cyclic N) is 2. The molecule has 0 radical (unpaired) electrons. The standard InChI is InChI=1S/C12H12N2O3/c13-5-8-2-1-3-9(4-8)12(17)14-6-10(15)11(16)7-14/h1-4,10-11,15-16H,6-7H2/t10-,11+. The van der Waals surface area contributed by atoms with Gasteiger partial charge in [0.15, 0.2) is 0 Å². The molecule has 88 valence electrons. The van der Waals surface area contributed by atoms with Crippen molar-refractivity contribution in [1.82, 2.24) is 4.90 Å². The smallest absolute Gasteiger partial charge is 0.254 e. The molecule has 1 saturated heterocycles. The van der Waals surface area contributed by atoms with E-state index >= 15 is 0 Å². The lowest BCUT2D eigenvalue weighted by Crippen LogP contribution is -2.29. The van der Waals surface area contributed by atoms with Crippen molar-refractivity contribution >= 4 is 5.91 Å². The number of hydrogen-bond donors (Lipinski definition) is 2. The van der Waals surface area contributed by atoms with Gasteiger partial charge in [-0.25, -0.2) is 0 Å². The van der Waals surface area contributed by atoms with E-state index < -0.39 is 12.2 Å². The predicted octanol–water partition coefficient (Wildman–Crippen LogP) is -0.264. The molecular weight excluding hydrogens is 220 g/mol. The third kappa shape index (κ3) is 2.28. The van der Waals surface area contributed by atoms with Crippen LogP contribution in [0.2, 0.25) is 0 Å². The summed E-state index contributed by atoms with van der Waals surface area (Å²) in [4.78, 5) is 13.4. The van der Waals surface area contributed by atoms with Crippen LogP contribution in [-0.4, -0.2) is 46.3 Å². The second-order valence-electron chi connectivity index (χ2n) is 4.04. The quantitative estimate of drug-likeness (QED) is 0.698. The first-order valence-electron chi connectivity index (χ1n) is 5.27. The molecule has 17 heavy (non-hydrogen) atoms. The maximum Gasteiger partial charge on any atom is 0.254 e. The van der Waals surface area contributed by atoms with Gasteiger partial charge in [-0.15, -0.1) is 0 Å². The zero-order valence-electron chi connectivity index (χ0n) is 9.08. The predicted molar refractivity (Wildman–Crippen MR) is 59.1 cm³/mol. The number of aliphatic hydroxyl groups is 2. The van der Waals surface area contributed by atoms with Crippen molar-refractivity contribution in [2.45, 2.75) is 12.2 Å². The van der Waals surface area contributed by atoms with Gasteiger partial charge in [0, 0.05) is 18.7 Å². The van der Waals surface area contributed by atoms with Gasteiger partial charge < -0.3 is 15.1 Å². The molecule has 2 rings (SSSR count). The fourth-order valence-electron chi connectivity index (χ4n) is 1.84. The van der Waals surface area contributed by atoms with Gasteiger partial charge in [0.1, 0.15) is 0 Å². The molecule has 1 fully saturated rings. The van der Waals surface area contributed by atoms with Crippen molar-refractivity contribution in [1.29, 1.82) is 5.26 Å². The molecule has 1 aromatic rings. The highest BCUT2D eigenvalue weighted by Crippen LogP contribution is 2.15. The first-order chi connectivity index (χ1) is 8.11. The third-order valence-corrected chi connectivity index (χ3v) is 2.78. The molecule has 0 bridgehead atoms. The number of nitriles is 1. The summed E-state index contributed by atoms with van der Waals surface area (Å²) in [5.74, 6) is -0.280. The Morgan fingerprint density at radius 2 is 2.00 bits per heavy atom. The summed E-state index contributed by atoms with van der Waals surface area (Å²) in [7, 11) is 0. The first-order valence-corrected chi connectivity index (χ1v) is 5.27. The fraction of sp³-hybridized carbons (Fsp3) is 0.333. The van der Waals surface area contributed by atoms with Crippen LogP contribution < -0.4 is 0 Å². The van der Waals surface area contributed by atoms with Gasteiger partial charge in [0.2, 0.25) is 0 Å². The van der Waals surface area contributed by atoms with Crippen LogP contribution in [0, 0.1) is 11.3 Å². The highest BCUT2D eigenvalue weighted by Gasteiger charge is 2.32. The summed E-state index contributed by atoms with van der Waals surface area (Å²) in [6, 6.07) is 8.32. The van der Waals surface area contributed by atoms with E-state index in [4.69, 9.17) is 5.26 Å². The number of carbonyl (C=O) groups is 1. The average Bonchev–Trinajstić information content (AvgIpc) is 2.69. The van der Waals surface area contributed by atoms with Crippen molar-refractivity contribution in [3.05, 3.63) is 35.4 Å². The molecular formula is C12H12N2O3. The normalized spacial score (nSPS) is 23.5. The lowest BCUT2D eigenvalue weighted by molar-refractivity contribution is 0.0572. The Morgan fingerprint density at radius 3 is 2.59 bits per heavy atom. The molecule has 1 aromatic carbocycles. The van der Waals surface area contributed by atoms with E-state index in [9.17, 15) is 15.0 Å². The molecule has 1 aliphatic heterocycles. The minimum atomic E-state index is -0.891. The lowest BCUT2D eigenvalue weighted by atomic mass is 10.1. The molecule has 0 spiro atoms. The van der Waals surface area contributed by atoms with Crippen molar-refractivity contribution in [3.63, 3.8) is 0 Å². The average molecular weight is 232 g/mol. The largest absolute Gasteiger partial charge is 0.388 e. The van der Waals surface area contributed by atoms with E-state index in [1.54, 1.807) is 18.2 Å². The van der Waals surface area contributed by atoms with Crippen LogP contribution in [0.15, 0.2) is 24.3 Å². The van der Waals surface area contributed by atoms with E-state index in [0.717, 1.165) is 0 Å². The van der Waals surface area contributed by atoms with Crippen LogP contribution in [0.3, 0.4) is 0 Å². The Hall–Kier alpha value is -1.90. The van der Waals surface area contributed by atoms with Crippen LogP contribution in [0.1, 0.15) is 15.9 Å². The van der Waals surface area contributed by atoms with Crippen molar-refractivity contribution in [2.75, 3.05) is 13.1 Å². The first kappa shape index (κ1) is 11.6. The Balaban J connectivity index is 2.18. The molecule has 0 unspecified atom stereocenters. The van der Waals surface area contributed by atoms with Gasteiger partial charge in [-0.1, -0.05) is 6.07 Å². The van der Waals surface area contributed by atoms with Gasteiger partial charge >= 0.3 is 0 Å². The SMILES string of the molecule is N#Cc1cccc(C(=O)N2C[C@@H](O)[C@@H](O)C2)c1. The molecule has 0 aromatic heterocycles. The van der Waals surface area contributed by atoms with E-state index in [2.05, 4.69) is 0 Å². The molecule has 0 saturated carbocycles. The molecule has 1 heterocycles. The van der Waals surface area contributed by atoms with Crippen molar-refractivity contribution in [3.8, 4) is 6.07 Å². The maximum absolute atomic E-state index is 12.0. The molecule has 2 atom stereocenters. The van der Waals surface area contributed by atoms with Gasteiger partial charge in [-0.2, -0.15) is 5.26 Å². The van der Waals surface area contributed by atoms with Crippen LogP contribution in [0.4, 0.5) is 0 Å². The zero-order chi connectivity index (χ0) is 12.4. The number of carbonyl (C=O) groups excluding carboxylic acids is 1. The summed E-state index contributed by atoms with van der Waals surface area (Å²) in [5.41, 5.74) is 0.807. The molecule has 5 heteroatoms. The summed E-state index contributed by atoms with van der Waals surface area (Å²) in [6.07, 6.45) is -1.78. The zero-order valence-corrected chi connectivity index (χ0v) is 9.08. The summed E-state index contributed by atoms with van der Waals surface area (Å²) < 4.78 is 0.